The first-order valence-electron chi connectivity index (χ1n) is 9.17. The Kier molecular flexibility index (Phi) is 7.36. The molecular formula is C20H28N2O4S2. The molecular weight excluding hydrogens is 396 g/mol. The highest BCUT2D eigenvalue weighted by molar-refractivity contribution is 7.89. The molecule has 0 atom stereocenters. The molecule has 1 heterocycles. The van der Waals surface area contributed by atoms with E-state index in [9.17, 15) is 13.2 Å². The summed E-state index contributed by atoms with van der Waals surface area (Å²) in [5.74, 6) is -0.163. The average molecular weight is 425 g/mol. The number of ether oxygens (including phenoxy) is 1. The molecule has 0 N–H and O–H groups in total. The highest BCUT2D eigenvalue weighted by Gasteiger charge is 2.29. The Morgan fingerprint density at radius 3 is 2.36 bits per heavy atom. The summed E-state index contributed by atoms with van der Waals surface area (Å²) in [6, 6.07) is 3.78. The predicted octanol–water partition coefficient (Wildman–Crippen LogP) is 4.09. The topological polar surface area (TPSA) is 76.6 Å². The van der Waals surface area contributed by atoms with Gasteiger partial charge < -0.3 is 4.74 Å². The van der Waals surface area contributed by atoms with Crippen molar-refractivity contribution in [3.8, 4) is 0 Å². The predicted molar refractivity (Wildman–Crippen MR) is 111 cm³/mol. The van der Waals surface area contributed by atoms with Gasteiger partial charge in [-0.25, -0.2) is 18.2 Å². The molecule has 0 aliphatic carbocycles. The third-order valence-corrected chi connectivity index (χ3v) is 7.40. The van der Waals surface area contributed by atoms with Gasteiger partial charge in [-0.1, -0.05) is 31.5 Å². The van der Waals surface area contributed by atoms with Crippen LogP contribution in [0.15, 0.2) is 22.4 Å². The SMILES string of the molecule is COC(=O)c1csc(CN(CCC(C)C)S(=O)(=O)c2c(C)cc(C)cc2C)n1. The molecule has 0 saturated carbocycles. The van der Waals surface area contributed by atoms with E-state index in [1.165, 1.54) is 22.8 Å². The summed E-state index contributed by atoms with van der Waals surface area (Å²) in [5, 5.41) is 2.16. The Balaban J connectivity index is 2.42. The Hall–Kier alpha value is -1.77. The van der Waals surface area contributed by atoms with Gasteiger partial charge in [0.1, 0.15) is 5.01 Å². The fraction of sp³-hybridized carbons (Fsp3) is 0.500. The second kappa shape index (κ2) is 9.15. The largest absolute Gasteiger partial charge is 0.464 e. The van der Waals surface area contributed by atoms with Crippen LogP contribution >= 0.6 is 11.3 Å². The van der Waals surface area contributed by atoms with E-state index >= 15 is 0 Å². The molecule has 0 spiro atoms. The van der Waals surface area contributed by atoms with Crippen LogP contribution in [-0.2, 0) is 21.3 Å². The van der Waals surface area contributed by atoms with E-state index in [0.717, 1.165) is 23.1 Å². The molecule has 0 unspecified atom stereocenters. The molecule has 28 heavy (non-hydrogen) atoms. The summed E-state index contributed by atoms with van der Waals surface area (Å²) in [6.45, 7) is 10.2. The summed E-state index contributed by atoms with van der Waals surface area (Å²) in [4.78, 5) is 16.3. The average Bonchev–Trinajstić information content (AvgIpc) is 3.05. The quantitative estimate of drug-likeness (QED) is 0.597. The van der Waals surface area contributed by atoms with Crippen molar-refractivity contribution in [1.82, 2.24) is 9.29 Å². The van der Waals surface area contributed by atoms with Crippen molar-refractivity contribution in [2.75, 3.05) is 13.7 Å². The maximum atomic E-state index is 13.5. The molecule has 1 aromatic carbocycles. The molecule has 0 saturated heterocycles. The van der Waals surface area contributed by atoms with E-state index in [2.05, 4.69) is 23.6 Å². The van der Waals surface area contributed by atoms with Gasteiger partial charge in [0, 0.05) is 11.9 Å². The molecule has 0 radical (unpaired) electrons. The lowest BCUT2D eigenvalue weighted by Gasteiger charge is -2.24. The van der Waals surface area contributed by atoms with Gasteiger partial charge in [-0.2, -0.15) is 4.31 Å². The van der Waals surface area contributed by atoms with E-state index in [0.29, 0.717) is 22.4 Å². The summed E-state index contributed by atoms with van der Waals surface area (Å²) < 4.78 is 33.2. The van der Waals surface area contributed by atoms with Crippen LogP contribution in [0.5, 0.6) is 0 Å². The van der Waals surface area contributed by atoms with Crippen LogP contribution in [0.1, 0.15) is 52.5 Å². The van der Waals surface area contributed by atoms with Gasteiger partial charge in [-0.3, -0.25) is 0 Å². The van der Waals surface area contributed by atoms with E-state index < -0.39 is 16.0 Å². The number of carbonyl (C=O) groups excluding carboxylic acids is 1. The Bertz CT molecular complexity index is 926. The van der Waals surface area contributed by atoms with E-state index in [4.69, 9.17) is 0 Å². The van der Waals surface area contributed by atoms with E-state index in [1.54, 1.807) is 5.38 Å². The lowest BCUT2D eigenvalue weighted by atomic mass is 10.1. The third-order valence-electron chi connectivity index (χ3n) is 4.42. The molecule has 2 rings (SSSR count). The second-order valence-electron chi connectivity index (χ2n) is 7.37. The first-order chi connectivity index (χ1) is 13.1. The molecule has 6 nitrogen and oxygen atoms in total. The summed E-state index contributed by atoms with van der Waals surface area (Å²) in [7, 11) is -2.41. The maximum Gasteiger partial charge on any atom is 0.357 e. The summed E-state index contributed by atoms with van der Waals surface area (Å²) in [5.41, 5.74) is 2.71. The number of rotatable bonds is 8. The highest BCUT2D eigenvalue weighted by atomic mass is 32.2. The fourth-order valence-electron chi connectivity index (χ4n) is 3.12. The van der Waals surface area contributed by atoms with Crippen molar-refractivity contribution in [1.29, 1.82) is 0 Å². The van der Waals surface area contributed by atoms with Crippen molar-refractivity contribution in [2.24, 2.45) is 5.92 Å². The van der Waals surface area contributed by atoms with Gasteiger partial charge >= 0.3 is 5.97 Å². The molecule has 0 aliphatic rings. The lowest BCUT2D eigenvalue weighted by molar-refractivity contribution is 0.0594. The number of thiazole rings is 1. The number of nitrogens with zero attached hydrogens (tertiary/aromatic N) is 2. The van der Waals surface area contributed by atoms with Crippen molar-refractivity contribution in [3.05, 3.63) is 44.9 Å². The minimum Gasteiger partial charge on any atom is -0.464 e. The molecule has 0 bridgehead atoms. The molecule has 2 aromatic rings. The Morgan fingerprint density at radius 2 is 1.82 bits per heavy atom. The fourth-order valence-corrected chi connectivity index (χ4v) is 5.81. The minimum atomic E-state index is -3.71. The molecule has 1 aromatic heterocycles. The van der Waals surface area contributed by atoms with Crippen LogP contribution in [0, 0.1) is 26.7 Å². The smallest absolute Gasteiger partial charge is 0.357 e. The van der Waals surface area contributed by atoms with Gasteiger partial charge in [0.05, 0.1) is 18.6 Å². The zero-order valence-corrected chi connectivity index (χ0v) is 18.9. The molecule has 0 amide bonds. The Labute approximate surface area is 171 Å². The number of aromatic nitrogens is 1. The number of hydrogen-bond acceptors (Lipinski definition) is 6. The van der Waals surface area contributed by atoms with Crippen LogP contribution in [0.4, 0.5) is 0 Å². The van der Waals surface area contributed by atoms with Crippen molar-refractivity contribution in [3.63, 3.8) is 0 Å². The first-order valence-corrected chi connectivity index (χ1v) is 11.5. The van der Waals surface area contributed by atoms with Crippen molar-refractivity contribution < 1.29 is 17.9 Å². The lowest BCUT2D eigenvalue weighted by Crippen LogP contribution is -2.33. The van der Waals surface area contributed by atoms with Crippen LogP contribution in [0.3, 0.4) is 0 Å². The van der Waals surface area contributed by atoms with Crippen LogP contribution in [0.25, 0.3) is 0 Å². The molecule has 0 fully saturated rings. The van der Waals surface area contributed by atoms with Crippen LogP contribution < -0.4 is 0 Å². The number of esters is 1. The normalized spacial score (nSPS) is 12.0. The number of aryl methyl sites for hydroxylation is 3. The van der Waals surface area contributed by atoms with Crippen molar-refractivity contribution in [2.45, 2.75) is 52.5 Å². The number of hydrogen-bond donors (Lipinski definition) is 0. The van der Waals surface area contributed by atoms with Gasteiger partial charge in [-0.15, -0.1) is 11.3 Å². The zero-order chi connectivity index (χ0) is 21.1. The van der Waals surface area contributed by atoms with Gasteiger partial charge in [0.15, 0.2) is 5.69 Å². The first kappa shape index (κ1) is 22.5. The standard InChI is InChI=1S/C20H28N2O4S2/c1-13(2)7-8-22(11-18-21-17(12-27-18)20(23)26-6)28(24,25)19-15(4)9-14(3)10-16(19)5/h9-10,12-13H,7-8,11H2,1-6H3. The summed E-state index contributed by atoms with van der Waals surface area (Å²) >= 11 is 1.26. The molecule has 154 valence electrons. The van der Waals surface area contributed by atoms with Gasteiger partial charge in [-0.05, 0) is 44.2 Å². The third kappa shape index (κ3) is 5.18. The van der Waals surface area contributed by atoms with Crippen LogP contribution in [-0.4, -0.2) is 37.3 Å². The number of methoxy groups -OCH3 is 1. The Morgan fingerprint density at radius 1 is 1.21 bits per heavy atom. The number of sulfonamides is 1. The maximum absolute atomic E-state index is 13.5. The van der Waals surface area contributed by atoms with Gasteiger partial charge in [0.25, 0.3) is 0 Å². The van der Waals surface area contributed by atoms with Gasteiger partial charge in [0.2, 0.25) is 10.0 Å². The van der Waals surface area contributed by atoms with Crippen LogP contribution in [0.2, 0.25) is 0 Å². The van der Waals surface area contributed by atoms with Crippen molar-refractivity contribution >= 4 is 27.3 Å². The monoisotopic (exact) mass is 424 g/mol. The molecule has 8 heteroatoms. The van der Waals surface area contributed by atoms with E-state index in [1.807, 2.05) is 32.9 Å². The molecule has 0 aliphatic heterocycles. The van der Waals surface area contributed by atoms with E-state index in [-0.39, 0.29) is 12.2 Å². The number of carbonyl (C=O) groups is 1. The summed E-state index contributed by atoms with van der Waals surface area (Å²) in [6.07, 6.45) is 0.735. The number of benzene rings is 1. The minimum absolute atomic E-state index is 0.128. The zero-order valence-electron chi connectivity index (χ0n) is 17.3. The second-order valence-corrected chi connectivity index (χ2v) is 10.2. The highest BCUT2D eigenvalue weighted by Crippen LogP contribution is 2.27.